The van der Waals surface area contributed by atoms with Gasteiger partial charge in [-0.3, -0.25) is 4.79 Å². The van der Waals surface area contributed by atoms with Crippen LogP contribution in [-0.4, -0.2) is 26.2 Å². The van der Waals surface area contributed by atoms with E-state index in [1.54, 1.807) is 6.07 Å². The summed E-state index contributed by atoms with van der Waals surface area (Å²) >= 11 is 0. The fourth-order valence-electron chi connectivity index (χ4n) is 1.16. The molecule has 0 aliphatic rings. The largest absolute Gasteiger partial charge is 0.375 e. The number of carbonyl (C=O) groups is 1. The highest BCUT2D eigenvalue weighted by molar-refractivity contribution is 5.91. The smallest absolute Gasteiger partial charge is 0.250 e. The van der Waals surface area contributed by atoms with Crippen molar-refractivity contribution in [2.75, 3.05) is 25.6 Å². The van der Waals surface area contributed by atoms with Crippen LogP contribution < -0.4 is 11.1 Å². The van der Waals surface area contributed by atoms with E-state index in [2.05, 4.69) is 21.9 Å². The number of nitrogens with two attached hydrogens (primary N) is 1. The topological polar surface area (TPSA) is 64.3 Å². The van der Waals surface area contributed by atoms with E-state index in [4.69, 9.17) is 5.73 Å². The summed E-state index contributed by atoms with van der Waals surface area (Å²) < 4.78 is 18.1. The van der Waals surface area contributed by atoms with Gasteiger partial charge in [0.25, 0.3) is 0 Å². The van der Waals surface area contributed by atoms with E-state index in [-0.39, 0.29) is 18.8 Å². The van der Waals surface area contributed by atoms with E-state index < -0.39 is 11.7 Å². The van der Waals surface area contributed by atoms with Crippen LogP contribution in [0.15, 0.2) is 18.2 Å². The zero-order valence-corrected chi connectivity index (χ0v) is 9.42. The highest BCUT2D eigenvalue weighted by Crippen LogP contribution is 2.15. The Bertz CT molecular complexity index is 463. The number of hydrogen-bond acceptors (Lipinski definition) is 3. The van der Waals surface area contributed by atoms with Crippen LogP contribution in [0.3, 0.4) is 0 Å². The average molecular weight is 236 g/mol. The van der Waals surface area contributed by atoms with Gasteiger partial charge in [-0.15, -0.1) is 0 Å². The van der Waals surface area contributed by atoms with Gasteiger partial charge in [-0.05, 0) is 18.2 Å². The maximum absolute atomic E-state index is 13.5. The van der Waals surface area contributed by atoms with Crippen LogP contribution in [0.5, 0.6) is 0 Å². The predicted octanol–water partition coefficient (Wildman–Crippen LogP) is 0.721. The van der Waals surface area contributed by atoms with Crippen molar-refractivity contribution in [1.82, 2.24) is 0 Å². The third-order valence-corrected chi connectivity index (χ3v) is 1.85. The Morgan fingerprint density at radius 2 is 2.35 bits per heavy atom. The van der Waals surface area contributed by atoms with Gasteiger partial charge < -0.3 is 15.8 Å². The molecule has 0 aromatic heterocycles. The van der Waals surface area contributed by atoms with Gasteiger partial charge in [-0.25, -0.2) is 4.39 Å². The number of rotatable bonds is 3. The van der Waals surface area contributed by atoms with Crippen molar-refractivity contribution in [3.8, 4) is 11.8 Å². The van der Waals surface area contributed by atoms with Crippen molar-refractivity contribution in [1.29, 1.82) is 0 Å². The molecule has 0 unspecified atom stereocenters. The first-order valence-electron chi connectivity index (χ1n) is 4.94. The quantitative estimate of drug-likeness (QED) is 0.760. The lowest BCUT2D eigenvalue weighted by Gasteiger charge is -2.05. The second-order valence-corrected chi connectivity index (χ2v) is 3.18. The lowest BCUT2D eigenvalue weighted by Crippen LogP contribution is -2.17. The predicted molar refractivity (Wildman–Crippen MR) is 62.8 cm³/mol. The minimum Gasteiger partial charge on any atom is -0.375 e. The molecule has 1 rings (SSSR count). The van der Waals surface area contributed by atoms with Gasteiger partial charge in [0, 0.05) is 12.7 Å². The summed E-state index contributed by atoms with van der Waals surface area (Å²) in [5, 5.41) is 2.38. The van der Waals surface area contributed by atoms with Crippen molar-refractivity contribution in [2.45, 2.75) is 0 Å². The molecule has 0 fully saturated rings. The van der Waals surface area contributed by atoms with Crippen molar-refractivity contribution in [2.24, 2.45) is 5.73 Å². The van der Waals surface area contributed by atoms with Crippen molar-refractivity contribution in [3.63, 3.8) is 0 Å². The summed E-state index contributed by atoms with van der Waals surface area (Å²) in [5.41, 5.74) is 5.82. The average Bonchev–Trinajstić information content (AvgIpc) is 2.30. The van der Waals surface area contributed by atoms with Gasteiger partial charge in [-0.2, -0.15) is 0 Å². The Morgan fingerprint density at radius 3 is 2.94 bits per heavy atom. The molecule has 5 heteroatoms. The highest BCUT2D eigenvalue weighted by atomic mass is 19.1. The summed E-state index contributed by atoms with van der Waals surface area (Å²) in [6, 6.07) is 4.29. The van der Waals surface area contributed by atoms with Gasteiger partial charge in [0.15, 0.2) is 0 Å². The monoisotopic (exact) mass is 236 g/mol. The standard InChI is InChI=1S/C12H13FN2O2/c1-17-8-12(16)15-11-5-4-9(3-2-6-14)7-10(11)13/h4-5,7H,6,8,14H2,1H3,(H,15,16). The second-order valence-electron chi connectivity index (χ2n) is 3.18. The van der Waals surface area contributed by atoms with Gasteiger partial charge in [0.1, 0.15) is 12.4 Å². The fraction of sp³-hybridized carbons (Fsp3) is 0.250. The minimum absolute atomic E-state index is 0.102. The molecular formula is C12H13FN2O2. The summed E-state index contributed by atoms with van der Waals surface area (Å²) in [6.07, 6.45) is 0. The minimum atomic E-state index is -0.543. The maximum Gasteiger partial charge on any atom is 0.250 e. The Balaban J connectivity index is 2.79. The lowest BCUT2D eigenvalue weighted by molar-refractivity contribution is -0.119. The van der Waals surface area contributed by atoms with Gasteiger partial charge in [0.05, 0.1) is 12.2 Å². The molecule has 4 nitrogen and oxygen atoms in total. The van der Waals surface area contributed by atoms with E-state index in [1.165, 1.54) is 19.2 Å². The van der Waals surface area contributed by atoms with E-state index >= 15 is 0 Å². The third-order valence-electron chi connectivity index (χ3n) is 1.85. The number of hydrogen-bond donors (Lipinski definition) is 2. The summed E-state index contributed by atoms with van der Waals surface area (Å²) in [5.74, 6) is 4.36. The Morgan fingerprint density at radius 1 is 1.59 bits per heavy atom. The van der Waals surface area contributed by atoms with E-state index in [0.29, 0.717) is 5.56 Å². The zero-order chi connectivity index (χ0) is 12.7. The number of halogens is 1. The van der Waals surface area contributed by atoms with Crippen LogP contribution in [0, 0.1) is 17.7 Å². The molecule has 0 aliphatic carbocycles. The number of carbonyl (C=O) groups excluding carboxylic acids is 1. The van der Waals surface area contributed by atoms with E-state index in [1.807, 2.05) is 0 Å². The third kappa shape index (κ3) is 4.23. The van der Waals surface area contributed by atoms with E-state index in [0.717, 1.165) is 0 Å². The molecule has 1 aromatic rings. The molecule has 17 heavy (non-hydrogen) atoms. The number of anilines is 1. The molecule has 0 bridgehead atoms. The number of amides is 1. The van der Waals surface area contributed by atoms with E-state index in [9.17, 15) is 9.18 Å². The van der Waals surface area contributed by atoms with Gasteiger partial charge in [0.2, 0.25) is 5.91 Å². The van der Waals surface area contributed by atoms with Crippen LogP contribution >= 0.6 is 0 Å². The molecule has 0 spiro atoms. The second kappa shape index (κ2) is 6.63. The Hall–Kier alpha value is -1.90. The maximum atomic E-state index is 13.5. The highest BCUT2D eigenvalue weighted by Gasteiger charge is 2.06. The molecule has 0 saturated carbocycles. The molecule has 0 atom stereocenters. The molecule has 90 valence electrons. The zero-order valence-electron chi connectivity index (χ0n) is 9.42. The van der Waals surface area contributed by atoms with Crippen LogP contribution in [0.2, 0.25) is 0 Å². The number of ether oxygens (including phenoxy) is 1. The first-order chi connectivity index (χ1) is 8.17. The summed E-state index contributed by atoms with van der Waals surface area (Å²) in [7, 11) is 1.39. The lowest BCUT2D eigenvalue weighted by atomic mass is 10.2. The Labute approximate surface area is 99.0 Å². The van der Waals surface area contributed by atoms with Crippen molar-refractivity contribution >= 4 is 11.6 Å². The number of nitrogens with one attached hydrogen (secondary N) is 1. The molecule has 0 radical (unpaired) electrons. The van der Waals surface area contributed by atoms with Crippen molar-refractivity contribution < 1.29 is 13.9 Å². The van der Waals surface area contributed by atoms with Crippen LogP contribution in [0.25, 0.3) is 0 Å². The number of benzene rings is 1. The molecule has 1 aromatic carbocycles. The summed E-state index contributed by atoms with van der Waals surface area (Å²) in [4.78, 5) is 11.2. The molecule has 3 N–H and O–H groups in total. The normalized spacial score (nSPS) is 9.35. The van der Waals surface area contributed by atoms with Crippen LogP contribution in [-0.2, 0) is 9.53 Å². The number of methoxy groups -OCH3 is 1. The summed E-state index contributed by atoms with van der Waals surface area (Å²) in [6.45, 7) is 0.0993. The first-order valence-corrected chi connectivity index (χ1v) is 4.94. The molecular weight excluding hydrogens is 223 g/mol. The van der Waals surface area contributed by atoms with Crippen LogP contribution in [0.4, 0.5) is 10.1 Å². The molecule has 0 saturated heterocycles. The molecule has 0 aliphatic heterocycles. The van der Waals surface area contributed by atoms with Gasteiger partial charge >= 0.3 is 0 Å². The molecule has 1 amide bonds. The van der Waals surface area contributed by atoms with Crippen molar-refractivity contribution in [3.05, 3.63) is 29.6 Å². The fourth-order valence-corrected chi connectivity index (χ4v) is 1.16. The SMILES string of the molecule is COCC(=O)Nc1ccc(C#CCN)cc1F. The van der Waals surface area contributed by atoms with Crippen LogP contribution in [0.1, 0.15) is 5.56 Å². The molecule has 0 heterocycles. The van der Waals surface area contributed by atoms with Gasteiger partial charge in [-0.1, -0.05) is 11.8 Å². The first kappa shape index (κ1) is 13.2. The Kier molecular flexibility index (Phi) is 5.14.